The van der Waals surface area contributed by atoms with E-state index in [1.54, 1.807) is 25.2 Å². The van der Waals surface area contributed by atoms with Crippen molar-refractivity contribution in [2.24, 2.45) is 7.05 Å². The second-order valence-corrected chi connectivity index (χ2v) is 9.45. The maximum absolute atomic E-state index is 12.6. The third kappa shape index (κ3) is 4.22. The maximum atomic E-state index is 12.6. The van der Waals surface area contributed by atoms with Crippen LogP contribution in [0.25, 0.3) is 10.2 Å². The van der Waals surface area contributed by atoms with Crippen molar-refractivity contribution >= 4 is 62.4 Å². The van der Waals surface area contributed by atoms with Crippen LogP contribution in [0, 0.1) is 13.8 Å². The summed E-state index contributed by atoms with van der Waals surface area (Å²) in [6, 6.07) is 4.92. The lowest BCUT2D eigenvalue weighted by Crippen LogP contribution is -2.29. The molecule has 9 heteroatoms. The molecule has 0 radical (unpaired) electrons. The highest BCUT2D eigenvalue weighted by atomic mass is 35.5. The second-order valence-electron chi connectivity index (χ2n) is 6.47. The molecule has 1 amide bonds. The molecule has 0 aliphatic heterocycles. The van der Waals surface area contributed by atoms with Crippen molar-refractivity contribution in [2.45, 2.75) is 32.0 Å². The Balaban J connectivity index is 1.72. The van der Waals surface area contributed by atoms with Crippen LogP contribution in [0.15, 0.2) is 28.2 Å². The van der Waals surface area contributed by atoms with Gasteiger partial charge in [0.1, 0.15) is 4.83 Å². The van der Waals surface area contributed by atoms with Gasteiger partial charge in [0, 0.05) is 22.0 Å². The first-order valence-corrected chi connectivity index (χ1v) is 11.1. The first kappa shape index (κ1) is 21.2. The summed E-state index contributed by atoms with van der Waals surface area (Å²) < 4.78 is 1.50. The number of rotatable bonds is 5. The van der Waals surface area contributed by atoms with Crippen LogP contribution < -0.4 is 10.9 Å². The number of hydrogen-bond acceptors (Lipinski definition) is 5. The van der Waals surface area contributed by atoms with E-state index < -0.39 is 0 Å². The van der Waals surface area contributed by atoms with Crippen molar-refractivity contribution in [2.75, 3.05) is 5.75 Å². The third-order valence-corrected chi connectivity index (χ3v) is 7.20. The number of fused-ring (bicyclic) bond motifs is 1. The van der Waals surface area contributed by atoms with Gasteiger partial charge in [0.15, 0.2) is 5.16 Å². The lowest BCUT2D eigenvalue weighted by Gasteiger charge is -2.16. The summed E-state index contributed by atoms with van der Waals surface area (Å²) in [5.74, 6) is -0.0265. The number of aryl methyl sites for hydroxylation is 2. The minimum atomic E-state index is -0.264. The van der Waals surface area contributed by atoms with Crippen LogP contribution >= 0.6 is 46.3 Å². The lowest BCUT2D eigenvalue weighted by atomic mass is 10.1. The van der Waals surface area contributed by atoms with Crippen molar-refractivity contribution in [3.8, 4) is 0 Å². The molecule has 1 aromatic carbocycles. The van der Waals surface area contributed by atoms with Crippen LogP contribution in [0.2, 0.25) is 10.0 Å². The number of thiophene rings is 1. The number of aromatic nitrogens is 2. The minimum absolute atomic E-state index is 0.0870. The summed E-state index contributed by atoms with van der Waals surface area (Å²) in [6.07, 6.45) is 0. The maximum Gasteiger partial charge on any atom is 0.262 e. The zero-order valence-electron chi connectivity index (χ0n) is 15.8. The summed E-state index contributed by atoms with van der Waals surface area (Å²) in [5.41, 5.74) is 1.67. The van der Waals surface area contributed by atoms with Crippen LogP contribution in [0.3, 0.4) is 0 Å². The van der Waals surface area contributed by atoms with Gasteiger partial charge in [-0.2, -0.15) is 0 Å². The number of amides is 1. The van der Waals surface area contributed by atoms with Gasteiger partial charge in [0.2, 0.25) is 5.91 Å². The van der Waals surface area contributed by atoms with E-state index in [-0.39, 0.29) is 23.3 Å². The topological polar surface area (TPSA) is 64.0 Å². The number of halogens is 2. The number of nitrogens with zero attached hydrogens (tertiary/aromatic N) is 2. The fourth-order valence-corrected chi connectivity index (χ4v) is 5.25. The third-order valence-electron chi connectivity index (χ3n) is 4.51. The highest BCUT2D eigenvalue weighted by molar-refractivity contribution is 7.99. The van der Waals surface area contributed by atoms with E-state index >= 15 is 0 Å². The van der Waals surface area contributed by atoms with Crippen LogP contribution in [-0.4, -0.2) is 21.2 Å². The Labute approximate surface area is 181 Å². The highest BCUT2D eigenvalue weighted by Gasteiger charge is 2.17. The normalized spacial score (nSPS) is 12.4. The number of carbonyl (C=O) groups is 1. The summed E-state index contributed by atoms with van der Waals surface area (Å²) in [7, 11) is 1.68. The standard InChI is InChI=1S/C19H19Cl2N3O2S2/c1-9-11(3)28-17-16(9)18(26)24(4)19(23-17)27-8-15(25)22-10(2)13-6-5-12(20)7-14(13)21/h5-7,10H,8H2,1-4H3,(H,22,25). The largest absolute Gasteiger partial charge is 0.349 e. The Kier molecular flexibility index (Phi) is 6.39. The molecule has 0 aliphatic rings. The number of carbonyl (C=O) groups excluding carboxylic acids is 1. The summed E-state index contributed by atoms with van der Waals surface area (Å²) in [4.78, 5) is 31.4. The van der Waals surface area contributed by atoms with Gasteiger partial charge < -0.3 is 5.32 Å². The van der Waals surface area contributed by atoms with Crippen molar-refractivity contribution in [1.29, 1.82) is 0 Å². The number of thioether (sulfide) groups is 1. The Morgan fingerprint density at radius 2 is 2.07 bits per heavy atom. The molecule has 3 aromatic rings. The smallest absolute Gasteiger partial charge is 0.262 e. The average Bonchev–Trinajstić information content (AvgIpc) is 2.90. The van der Waals surface area contributed by atoms with Gasteiger partial charge in [0.05, 0.1) is 17.2 Å². The average molecular weight is 456 g/mol. The molecule has 1 unspecified atom stereocenters. The molecule has 0 bridgehead atoms. The van der Waals surface area contributed by atoms with Gasteiger partial charge in [-0.15, -0.1) is 11.3 Å². The zero-order chi connectivity index (χ0) is 20.6. The second kappa shape index (κ2) is 8.45. The molecule has 1 N–H and O–H groups in total. The molecular weight excluding hydrogens is 437 g/mol. The monoisotopic (exact) mass is 455 g/mol. The lowest BCUT2D eigenvalue weighted by molar-refractivity contribution is -0.119. The van der Waals surface area contributed by atoms with Gasteiger partial charge >= 0.3 is 0 Å². The van der Waals surface area contributed by atoms with Crippen molar-refractivity contribution in [3.05, 3.63) is 54.6 Å². The van der Waals surface area contributed by atoms with E-state index in [2.05, 4.69) is 10.3 Å². The fourth-order valence-electron chi connectivity index (χ4n) is 2.83. The van der Waals surface area contributed by atoms with Crippen molar-refractivity contribution in [3.63, 3.8) is 0 Å². The van der Waals surface area contributed by atoms with Crippen LogP contribution in [0.5, 0.6) is 0 Å². The van der Waals surface area contributed by atoms with Crippen LogP contribution in [-0.2, 0) is 11.8 Å². The molecule has 148 valence electrons. The molecule has 28 heavy (non-hydrogen) atoms. The predicted octanol–water partition coefficient (Wildman–Crippen LogP) is 4.89. The van der Waals surface area contributed by atoms with Gasteiger partial charge in [0.25, 0.3) is 5.56 Å². The fraction of sp³-hybridized carbons (Fsp3) is 0.316. The molecule has 0 spiro atoms. The molecule has 0 saturated carbocycles. The predicted molar refractivity (Wildman–Crippen MR) is 118 cm³/mol. The van der Waals surface area contributed by atoms with E-state index in [4.69, 9.17) is 23.2 Å². The Morgan fingerprint density at radius 3 is 2.75 bits per heavy atom. The summed E-state index contributed by atoms with van der Waals surface area (Å²) in [5, 5.41) is 5.14. The van der Waals surface area contributed by atoms with Gasteiger partial charge in [-0.25, -0.2) is 4.98 Å². The molecule has 0 fully saturated rings. The Bertz CT molecular complexity index is 1120. The first-order chi connectivity index (χ1) is 13.2. The molecule has 1 atom stereocenters. The number of nitrogens with one attached hydrogen (secondary N) is 1. The molecule has 2 aromatic heterocycles. The molecular formula is C19H19Cl2N3O2S2. The number of benzene rings is 1. The highest BCUT2D eigenvalue weighted by Crippen LogP contribution is 2.28. The van der Waals surface area contributed by atoms with E-state index in [0.29, 0.717) is 25.4 Å². The van der Waals surface area contributed by atoms with E-state index in [1.165, 1.54) is 27.7 Å². The van der Waals surface area contributed by atoms with E-state index in [0.717, 1.165) is 16.0 Å². The van der Waals surface area contributed by atoms with Crippen molar-refractivity contribution < 1.29 is 4.79 Å². The number of hydrogen-bond donors (Lipinski definition) is 1. The van der Waals surface area contributed by atoms with E-state index in [9.17, 15) is 9.59 Å². The quantitative estimate of drug-likeness (QED) is 0.439. The Morgan fingerprint density at radius 1 is 1.36 bits per heavy atom. The summed E-state index contributed by atoms with van der Waals surface area (Å²) in [6.45, 7) is 5.76. The zero-order valence-corrected chi connectivity index (χ0v) is 18.9. The molecule has 5 nitrogen and oxygen atoms in total. The molecule has 0 aliphatic carbocycles. The molecule has 0 saturated heterocycles. The minimum Gasteiger partial charge on any atom is -0.349 e. The van der Waals surface area contributed by atoms with E-state index in [1.807, 2.05) is 20.8 Å². The van der Waals surface area contributed by atoms with Gasteiger partial charge in [-0.1, -0.05) is 41.0 Å². The van der Waals surface area contributed by atoms with Crippen LogP contribution in [0.4, 0.5) is 0 Å². The van der Waals surface area contributed by atoms with Gasteiger partial charge in [-0.3, -0.25) is 14.2 Å². The summed E-state index contributed by atoms with van der Waals surface area (Å²) >= 11 is 14.8. The Hall–Kier alpha value is -1.54. The van der Waals surface area contributed by atoms with Crippen LogP contribution in [0.1, 0.15) is 29.0 Å². The van der Waals surface area contributed by atoms with Crippen molar-refractivity contribution in [1.82, 2.24) is 14.9 Å². The molecule has 2 heterocycles. The molecule has 3 rings (SSSR count). The van der Waals surface area contributed by atoms with Gasteiger partial charge in [-0.05, 0) is 44.0 Å². The first-order valence-electron chi connectivity index (χ1n) is 8.53. The SMILES string of the molecule is Cc1sc2nc(SCC(=O)NC(C)c3ccc(Cl)cc3Cl)n(C)c(=O)c2c1C.